The van der Waals surface area contributed by atoms with E-state index in [-0.39, 0.29) is 34.8 Å². The van der Waals surface area contributed by atoms with Crippen molar-refractivity contribution >= 4 is 15.7 Å². The van der Waals surface area contributed by atoms with Gasteiger partial charge in [0, 0.05) is 32.1 Å². The molecule has 2 aromatic carbocycles. The van der Waals surface area contributed by atoms with E-state index in [2.05, 4.69) is 10.2 Å². The fourth-order valence-electron chi connectivity index (χ4n) is 3.47. The van der Waals surface area contributed by atoms with E-state index < -0.39 is 9.84 Å². The van der Waals surface area contributed by atoms with Gasteiger partial charge in [-0.3, -0.25) is 9.69 Å². The molecule has 1 aliphatic rings. The molecule has 1 heterocycles. The lowest BCUT2D eigenvalue weighted by Crippen LogP contribution is -2.44. The number of halogens is 1. The summed E-state index contributed by atoms with van der Waals surface area (Å²) in [6.45, 7) is 4.33. The maximum atomic E-state index is 13.0. The number of carbonyl (C=O) groups excluding carboxylic acids is 1. The van der Waals surface area contributed by atoms with Crippen LogP contribution in [0.1, 0.15) is 30.4 Å². The van der Waals surface area contributed by atoms with Crippen molar-refractivity contribution in [3.8, 4) is 0 Å². The standard InChI is InChI=1S/C22H27FN2O3S/c1-17-2-8-21(9-3-17)29(27,28)15-12-22(26)24-20-10-13-25(14-11-20)16-18-4-6-19(23)7-5-18/h2-9,20H,10-16H2,1H3,(H,24,26). The maximum Gasteiger partial charge on any atom is 0.221 e. The maximum absolute atomic E-state index is 13.0. The highest BCUT2D eigenvalue weighted by atomic mass is 32.2. The van der Waals surface area contributed by atoms with E-state index in [9.17, 15) is 17.6 Å². The minimum absolute atomic E-state index is 0.0357. The van der Waals surface area contributed by atoms with Crippen LogP contribution < -0.4 is 5.32 Å². The van der Waals surface area contributed by atoms with E-state index in [1.165, 1.54) is 12.1 Å². The first-order chi connectivity index (χ1) is 13.8. The Hall–Kier alpha value is -2.25. The van der Waals surface area contributed by atoms with Gasteiger partial charge in [-0.1, -0.05) is 29.8 Å². The molecule has 0 unspecified atom stereocenters. The van der Waals surface area contributed by atoms with Crippen LogP contribution in [0.25, 0.3) is 0 Å². The van der Waals surface area contributed by atoms with Gasteiger partial charge in [0.05, 0.1) is 10.6 Å². The first-order valence-electron chi connectivity index (χ1n) is 9.87. The van der Waals surface area contributed by atoms with Crippen molar-refractivity contribution in [2.45, 2.75) is 43.7 Å². The summed E-state index contributed by atoms with van der Waals surface area (Å²) in [7, 11) is -3.46. The van der Waals surface area contributed by atoms with Crippen molar-refractivity contribution < 1.29 is 17.6 Å². The summed E-state index contributed by atoms with van der Waals surface area (Å²) >= 11 is 0. The normalized spacial score (nSPS) is 15.9. The first kappa shape index (κ1) is 21.5. The number of piperidine rings is 1. The molecule has 1 N–H and O–H groups in total. The molecule has 0 aromatic heterocycles. The Kier molecular flexibility index (Phi) is 7.03. The van der Waals surface area contributed by atoms with E-state index in [1.807, 2.05) is 6.92 Å². The SMILES string of the molecule is Cc1ccc(S(=O)(=O)CCC(=O)NC2CCN(Cc3ccc(F)cc3)CC2)cc1. The van der Waals surface area contributed by atoms with Gasteiger partial charge in [0.25, 0.3) is 0 Å². The summed E-state index contributed by atoms with van der Waals surface area (Å²) in [5.74, 6) is -0.650. The monoisotopic (exact) mass is 418 g/mol. The Morgan fingerprint density at radius 3 is 2.31 bits per heavy atom. The third-order valence-corrected chi connectivity index (χ3v) is 6.98. The molecular formula is C22H27FN2O3S. The minimum atomic E-state index is -3.46. The highest BCUT2D eigenvalue weighted by Crippen LogP contribution is 2.16. The number of rotatable bonds is 7. The number of hydrogen-bond acceptors (Lipinski definition) is 4. The smallest absolute Gasteiger partial charge is 0.221 e. The Morgan fingerprint density at radius 1 is 1.07 bits per heavy atom. The summed E-state index contributed by atoms with van der Waals surface area (Å²) in [4.78, 5) is 14.8. The zero-order valence-electron chi connectivity index (χ0n) is 16.6. The van der Waals surface area contributed by atoms with E-state index in [0.717, 1.165) is 43.6 Å². The van der Waals surface area contributed by atoms with E-state index in [1.54, 1.807) is 36.4 Å². The van der Waals surface area contributed by atoms with Crippen LogP contribution in [0.3, 0.4) is 0 Å². The molecule has 156 valence electrons. The molecule has 29 heavy (non-hydrogen) atoms. The third kappa shape index (κ3) is 6.37. The van der Waals surface area contributed by atoms with Crippen LogP contribution in [-0.4, -0.2) is 44.1 Å². The lowest BCUT2D eigenvalue weighted by atomic mass is 10.0. The van der Waals surface area contributed by atoms with Crippen molar-refractivity contribution in [2.75, 3.05) is 18.8 Å². The first-order valence-corrected chi connectivity index (χ1v) is 11.5. The fraction of sp³-hybridized carbons (Fsp3) is 0.409. The Bertz CT molecular complexity index is 920. The second kappa shape index (κ2) is 9.50. The summed E-state index contributed by atoms with van der Waals surface area (Å²) in [6, 6.07) is 13.3. The molecule has 0 aliphatic carbocycles. The number of nitrogens with one attached hydrogen (secondary N) is 1. The number of likely N-dealkylation sites (tertiary alicyclic amines) is 1. The van der Waals surface area contributed by atoms with Gasteiger partial charge in [0.2, 0.25) is 5.91 Å². The zero-order valence-corrected chi connectivity index (χ0v) is 17.4. The van der Waals surface area contributed by atoms with Gasteiger partial charge in [0.15, 0.2) is 9.84 Å². The van der Waals surface area contributed by atoms with Crippen LogP contribution in [0.4, 0.5) is 4.39 Å². The molecule has 2 aromatic rings. The molecule has 0 bridgehead atoms. The van der Waals surface area contributed by atoms with E-state index >= 15 is 0 Å². The van der Waals surface area contributed by atoms with Crippen LogP contribution in [0.15, 0.2) is 53.4 Å². The molecular weight excluding hydrogens is 391 g/mol. The zero-order chi connectivity index (χ0) is 20.9. The molecule has 1 saturated heterocycles. The fourth-order valence-corrected chi connectivity index (χ4v) is 4.71. The molecule has 0 spiro atoms. The molecule has 5 nitrogen and oxygen atoms in total. The second-order valence-corrected chi connectivity index (χ2v) is 9.74. The molecule has 1 amide bonds. The van der Waals surface area contributed by atoms with Crippen molar-refractivity contribution in [1.29, 1.82) is 0 Å². The number of sulfone groups is 1. The number of carbonyl (C=O) groups is 1. The Labute approximate surface area is 171 Å². The van der Waals surface area contributed by atoms with E-state index in [0.29, 0.717) is 0 Å². The number of amides is 1. The summed E-state index contributed by atoms with van der Waals surface area (Å²) in [5, 5.41) is 2.96. The van der Waals surface area contributed by atoms with Crippen LogP contribution in [0.5, 0.6) is 0 Å². The van der Waals surface area contributed by atoms with Crippen molar-refractivity contribution in [3.05, 3.63) is 65.5 Å². The highest BCUT2D eigenvalue weighted by Gasteiger charge is 2.22. The molecule has 1 aliphatic heterocycles. The van der Waals surface area contributed by atoms with Gasteiger partial charge in [-0.2, -0.15) is 0 Å². The lowest BCUT2D eigenvalue weighted by Gasteiger charge is -2.32. The molecule has 0 radical (unpaired) electrons. The van der Waals surface area contributed by atoms with Crippen molar-refractivity contribution in [3.63, 3.8) is 0 Å². The van der Waals surface area contributed by atoms with Gasteiger partial charge in [-0.15, -0.1) is 0 Å². The number of benzene rings is 2. The molecule has 3 rings (SSSR count). The molecule has 1 fully saturated rings. The second-order valence-electron chi connectivity index (χ2n) is 7.63. The van der Waals surface area contributed by atoms with Gasteiger partial charge in [-0.05, 0) is 49.6 Å². The van der Waals surface area contributed by atoms with Gasteiger partial charge >= 0.3 is 0 Å². The lowest BCUT2D eigenvalue weighted by molar-refractivity contribution is -0.121. The van der Waals surface area contributed by atoms with Crippen molar-refractivity contribution in [1.82, 2.24) is 10.2 Å². The quantitative estimate of drug-likeness (QED) is 0.751. The molecule has 0 saturated carbocycles. The topological polar surface area (TPSA) is 66.5 Å². The Balaban J connectivity index is 1.41. The predicted molar refractivity (Wildman–Crippen MR) is 111 cm³/mol. The van der Waals surface area contributed by atoms with Gasteiger partial charge in [-0.25, -0.2) is 12.8 Å². The van der Waals surface area contributed by atoms with Crippen molar-refractivity contribution in [2.24, 2.45) is 0 Å². The summed E-state index contributed by atoms with van der Waals surface area (Å²) < 4.78 is 37.7. The van der Waals surface area contributed by atoms with Crippen LogP contribution in [0, 0.1) is 12.7 Å². The molecule has 0 atom stereocenters. The minimum Gasteiger partial charge on any atom is -0.353 e. The predicted octanol–water partition coefficient (Wildman–Crippen LogP) is 3.08. The Morgan fingerprint density at radius 2 is 1.69 bits per heavy atom. The average Bonchev–Trinajstić information content (AvgIpc) is 2.70. The van der Waals surface area contributed by atoms with Gasteiger partial charge in [0.1, 0.15) is 5.82 Å². The average molecular weight is 419 g/mol. The summed E-state index contributed by atoms with van der Waals surface area (Å²) in [5.41, 5.74) is 2.06. The van der Waals surface area contributed by atoms with Crippen LogP contribution in [-0.2, 0) is 21.2 Å². The van der Waals surface area contributed by atoms with Crippen LogP contribution in [0.2, 0.25) is 0 Å². The van der Waals surface area contributed by atoms with Gasteiger partial charge < -0.3 is 5.32 Å². The highest BCUT2D eigenvalue weighted by molar-refractivity contribution is 7.91. The largest absolute Gasteiger partial charge is 0.353 e. The number of nitrogens with zero attached hydrogens (tertiary/aromatic N) is 1. The van der Waals surface area contributed by atoms with E-state index in [4.69, 9.17) is 0 Å². The molecule has 7 heteroatoms. The number of hydrogen-bond donors (Lipinski definition) is 1. The summed E-state index contributed by atoms with van der Waals surface area (Å²) in [6.07, 6.45) is 1.60. The van der Waals surface area contributed by atoms with Crippen LogP contribution >= 0.6 is 0 Å². The number of aryl methyl sites for hydroxylation is 1. The third-order valence-electron chi connectivity index (χ3n) is 5.25.